The van der Waals surface area contributed by atoms with Crippen LogP contribution in [0, 0.1) is 12.7 Å². The van der Waals surface area contributed by atoms with Gasteiger partial charge in [-0.2, -0.15) is 13.2 Å². The highest BCUT2D eigenvalue weighted by atomic mass is 19.4. The molecule has 1 aliphatic heterocycles. The van der Waals surface area contributed by atoms with Gasteiger partial charge in [0.25, 0.3) is 5.91 Å². The second-order valence-corrected chi connectivity index (χ2v) is 10.0. The number of carbonyl (C=O) groups is 3. The first-order chi connectivity index (χ1) is 18.9. The van der Waals surface area contributed by atoms with Crippen LogP contribution in [0.25, 0.3) is 11.3 Å². The molecule has 2 aliphatic rings. The zero-order valence-corrected chi connectivity index (χ0v) is 21.7. The van der Waals surface area contributed by atoms with Crippen molar-refractivity contribution in [3.05, 3.63) is 88.9 Å². The van der Waals surface area contributed by atoms with Crippen LogP contribution in [0.5, 0.6) is 0 Å². The Morgan fingerprint density at radius 1 is 1.12 bits per heavy atom. The lowest BCUT2D eigenvalue weighted by Gasteiger charge is -2.31. The molecule has 3 amide bonds. The Morgan fingerprint density at radius 3 is 2.52 bits per heavy atom. The van der Waals surface area contributed by atoms with Crippen LogP contribution in [-0.2, 0) is 32.9 Å². The molecule has 208 valence electrons. The summed E-state index contributed by atoms with van der Waals surface area (Å²) in [5.41, 5.74) is 2.44. The van der Waals surface area contributed by atoms with Crippen molar-refractivity contribution in [1.82, 2.24) is 14.8 Å². The number of halogens is 4. The van der Waals surface area contributed by atoms with E-state index in [1.165, 1.54) is 12.1 Å². The van der Waals surface area contributed by atoms with Crippen molar-refractivity contribution >= 4 is 17.9 Å². The van der Waals surface area contributed by atoms with Crippen molar-refractivity contribution in [2.45, 2.75) is 51.1 Å². The van der Waals surface area contributed by atoms with Gasteiger partial charge in [0.2, 0.25) is 11.5 Å². The van der Waals surface area contributed by atoms with Gasteiger partial charge >= 0.3 is 12.3 Å². The van der Waals surface area contributed by atoms with Gasteiger partial charge in [-0.05, 0) is 67.3 Å². The highest BCUT2D eigenvalue weighted by Crippen LogP contribution is 2.46. The first-order valence-electron chi connectivity index (χ1n) is 12.6. The van der Waals surface area contributed by atoms with Crippen LogP contribution >= 0.6 is 0 Å². The molecule has 7 nitrogen and oxygen atoms in total. The number of fused-ring (bicyclic) bond motifs is 2. The Hall–Kier alpha value is -4.28. The summed E-state index contributed by atoms with van der Waals surface area (Å²) >= 11 is 0. The van der Waals surface area contributed by atoms with Crippen LogP contribution in [0.3, 0.4) is 0 Å². The Kier molecular flexibility index (Phi) is 6.85. The molecule has 1 unspecified atom stereocenters. The van der Waals surface area contributed by atoms with Crippen molar-refractivity contribution < 1.29 is 36.7 Å². The zero-order chi connectivity index (χ0) is 28.8. The SMILES string of the molecule is Cc1ccnc(-c2ccc3c(c2)CC[C@@]32OC(=O)N(CC(=O)N(Cc3ccc(F)cc3)C(C)C(F)(F)F)C2=O)c1. The number of aromatic nitrogens is 1. The number of rotatable bonds is 6. The molecule has 1 fully saturated rings. The van der Waals surface area contributed by atoms with Crippen LogP contribution in [0.4, 0.5) is 22.4 Å². The van der Waals surface area contributed by atoms with E-state index in [1.54, 1.807) is 18.3 Å². The third-order valence-electron chi connectivity index (χ3n) is 7.39. The van der Waals surface area contributed by atoms with Gasteiger partial charge in [0, 0.05) is 30.3 Å². The highest BCUT2D eigenvalue weighted by molar-refractivity contribution is 6.06. The number of hydrogen-bond acceptors (Lipinski definition) is 5. The third-order valence-corrected chi connectivity index (χ3v) is 7.39. The van der Waals surface area contributed by atoms with E-state index >= 15 is 0 Å². The molecule has 2 heterocycles. The summed E-state index contributed by atoms with van der Waals surface area (Å²) in [5.74, 6) is -2.48. The lowest BCUT2D eigenvalue weighted by Crippen LogP contribution is -2.51. The van der Waals surface area contributed by atoms with Gasteiger partial charge in [-0.3, -0.25) is 14.6 Å². The quantitative estimate of drug-likeness (QED) is 0.386. The largest absolute Gasteiger partial charge is 0.427 e. The summed E-state index contributed by atoms with van der Waals surface area (Å²) in [4.78, 5) is 45.0. The van der Waals surface area contributed by atoms with Crippen LogP contribution in [-0.4, -0.2) is 51.5 Å². The summed E-state index contributed by atoms with van der Waals surface area (Å²) in [7, 11) is 0. The summed E-state index contributed by atoms with van der Waals surface area (Å²) in [5, 5.41) is 0. The minimum Gasteiger partial charge on any atom is -0.427 e. The molecule has 5 rings (SSSR count). The molecule has 0 radical (unpaired) electrons. The summed E-state index contributed by atoms with van der Waals surface area (Å²) in [6, 6.07) is 11.5. The zero-order valence-electron chi connectivity index (χ0n) is 21.7. The van der Waals surface area contributed by atoms with Crippen molar-refractivity contribution in [2.24, 2.45) is 0 Å². The van der Waals surface area contributed by atoms with E-state index in [9.17, 15) is 31.9 Å². The normalized spacial score (nSPS) is 19.1. The Morgan fingerprint density at radius 2 is 1.85 bits per heavy atom. The number of alkyl halides is 3. The summed E-state index contributed by atoms with van der Waals surface area (Å²) < 4.78 is 59.8. The predicted octanol–water partition coefficient (Wildman–Crippen LogP) is 5.30. The molecule has 0 saturated carbocycles. The number of benzene rings is 2. The standard InChI is InChI=1S/C29H25F4N3O4/c1-17-10-12-34-24(13-17)21-5-8-23-20(14-21)9-11-28(23)26(38)36(27(39)40-28)16-25(37)35(18(2)29(31,32)33)15-19-3-6-22(30)7-4-19/h3-8,10,12-14,18H,9,11,15-16H2,1-2H3/t18?,28-/m1/s1. The van der Waals surface area contributed by atoms with Crippen LogP contribution < -0.4 is 0 Å². The predicted molar refractivity (Wildman–Crippen MR) is 135 cm³/mol. The number of hydrogen-bond donors (Lipinski definition) is 0. The average Bonchev–Trinajstić information content (AvgIpc) is 3.39. The smallest absolute Gasteiger partial charge is 0.418 e. The van der Waals surface area contributed by atoms with E-state index in [-0.39, 0.29) is 12.0 Å². The van der Waals surface area contributed by atoms with Gasteiger partial charge in [0.1, 0.15) is 18.4 Å². The van der Waals surface area contributed by atoms with Crippen molar-refractivity contribution in [3.8, 4) is 11.3 Å². The maximum Gasteiger partial charge on any atom is 0.418 e. The second-order valence-electron chi connectivity index (χ2n) is 10.0. The monoisotopic (exact) mass is 555 g/mol. The molecule has 0 bridgehead atoms. The second kappa shape index (κ2) is 10.0. The van der Waals surface area contributed by atoms with Crippen molar-refractivity contribution in [2.75, 3.05) is 6.54 Å². The molecular weight excluding hydrogens is 530 g/mol. The minimum absolute atomic E-state index is 0.139. The molecule has 0 N–H and O–H groups in total. The van der Waals surface area contributed by atoms with Gasteiger partial charge in [-0.1, -0.05) is 24.3 Å². The number of amides is 3. The van der Waals surface area contributed by atoms with Gasteiger partial charge in [0.15, 0.2) is 0 Å². The molecule has 40 heavy (non-hydrogen) atoms. The molecule has 1 aromatic heterocycles. The van der Waals surface area contributed by atoms with E-state index in [0.717, 1.165) is 41.4 Å². The fraction of sp³-hybridized carbons (Fsp3) is 0.310. The van der Waals surface area contributed by atoms with Crippen LogP contribution in [0.1, 0.15) is 35.6 Å². The topological polar surface area (TPSA) is 79.8 Å². The Labute approximate surface area is 227 Å². The number of ether oxygens (including phenoxy) is 1. The van der Waals surface area contributed by atoms with E-state index in [4.69, 9.17) is 4.74 Å². The number of imide groups is 1. The number of pyridine rings is 1. The molecular formula is C29H25F4N3O4. The average molecular weight is 556 g/mol. The number of carbonyl (C=O) groups excluding carboxylic acids is 3. The third kappa shape index (κ3) is 4.91. The molecule has 1 aliphatic carbocycles. The fourth-order valence-corrected chi connectivity index (χ4v) is 5.14. The van der Waals surface area contributed by atoms with Gasteiger partial charge in [0.05, 0.1) is 5.69 Å². The summed E-state index contributed by atoms with van der Waals surface area (Å²) in [6.45, 7) is 1.32. The summed E-state index contributed by atoms with van der Waals surface area (Å²) in [6.07, 6.45) is -3.63. The van der Waals surface area contributed by atoms with Gasteiger partial charge in [-0.25, -0.2) is 14.1 Å². The van der Waals surface area contributed by atoms with E-state index in [0.29, 0.717) is 21.8 Å². The first-order valence-corrected chi connectivity index (χ1v) is 12.6. The first kappa shape index (κ1) is 27.3. The molecule has 2 atom stereocenters. The van der Waals surface area contributed by atoms with E-state index in [2.05, 4.69) is 4.98 Å². The molecule has 2 aromatic carbocycles. The lowest BCUT2D eigenvalue weighted by molar-refractivity contribution is -0.187. The fourth-order valence-electron chi connectivity index (χ4n) is 5.14. The maximum atomic E-state index is 13.6. The van der Waals surface area contributed by atoms with Crippen molar-refractivity contribution in [1.29, 1.82) is 0 Å². The number of aryl methyl sites for hydroxylation is 2. The van der Waals surface area contributed by atoms with Crippen LogP contribution in [0.15, 0.2) is 60.8 Å². The molecule has 1 spiro atoms. The van der Waals surface area contributed by atoms with Gasteiger partial charge < -0.3 is 9.64 Å². The molecule has 3 aromatic rings. The van der Waals surface area contributed by atoms with E-state index in [1.807, 2.05) is 25.1 Å². The van der Waals surface area contributed by atoms with Crippen LogP contribution in [0.2, 0.25) is 0 Å². The Balaban J connectivity index is 1.39. The van der Waals surface area contributed by atoms with Gasteiger partial charge in [-0.15, -0.1) is 0 Å². The minimum atomic E-state index is -4.78. The van der Waals surface area contributed by atoms with E-state index < -0.39 is 54.6 Å². The maximum absolute atomic E-state index is 13.6. The number of nitrogens with zero attached hydrogens (tertiary/aromatic N) is 3. The lowest BCUT2D eigenvalue weighted by atomic mass is 9.93. The highest BCUT2D eigenvalue weighted by Gasteiger charge is 2.58. The van der Waals surface area contributed by atoms with Crippen molar-refractivity contribution in [3.63, 3.8) is 0 Å². The molecule has 1 saturated heterocycles. The molecule has 11 heteroatoms. The Bertz CT molecular complexity index is 1490.